The van der Waals surface area contributed by atoms with Crippen molar-refractivity contribution in [3.63, 3.8) is 0 Å². The Hall–Kier alpha value is -1.42. The van der Waals surface area contributed by atoms with Gasteiger partial charge in [-0.3, -0.25) is 9.69 Å². The summed E-state index contributed by atoms with van der Waals surface area (Å²) < 4.78 is 14.0. The van der Waals surface area contributed by atoms with E-state index in [4.69, 9.17) is 0 Å². The molecule has 21 heavy (non-hydrogen) atoms. The quantitative estimate of drug-likeness (QED) is 0.892. The molecule has 1 aliphatic carbocycles. The normalized spacial score (nSPS) is 19.4. The molecule has 3 nitrogen and oxygen atoms in total. The molecule has 0 amide bonds. The highest BCUT2D eigenvalue weighted by atomic mass is 19.1. The van der Waals surface area contributed by atoms with Gasteiger partial charge in [-0.05, 0) is 32.9 Å². The minimum absolute atomic E-state index is 0.127. The molecular weight excluding hydrogens is 269 g/mol. The lowest BCUT2D eigenvalue weighted by atomic mass is 9.77. The molecule has 0 aromatic heterocycles. The van der Waals surface area contributed by atoms with Gasteiger partial charge >= 0.3 is 5.97 Å². The maximum absolute atomic E-state index is 14.0. The van der Waals surface area contributed by atoms with E-state index in [0.717, 1.165) is 32.1 Å². The summed E-state index contributed by atoms with van der Waals surface area (Å²) in [7, 11) is 1.94. The predicted molar refractivity (Wildman–Crippen MR) is 80.6 cm³/mol. The van der Waals surface area contributed by atoms with Crippen LogP contribution in [0.5, 0.6) is 0 Å². The van der Waals surface area contributed by atoms with Crippen LogP contribution in [-0.2, 0) is 4.79 Å². The van der Waals surface area contributed by atoms with E-state index in [2.05, 4.69) is 4.90 Å². The van der Waals surface area contributed by atoms with Crippen LogP contribution in [0, 0.1) is 5.82 Å². The Morgan fingerprint density at radius 1 is 1.33 bits per heavy atom. The van der Waals surface area contributed by atoms with Gasteiger partial charge in [0.1, 0.15) is 5.82 Å². The van der Waals surface area contributed by atoms with Crippen LogP contribution in [0.3, 0.4) is 0 Å². The van der Waals surface area contributed by atoms with Crippen molar-refractivity contribution in [2.24, 2.45) is 0 Å². The molecule has 0 radical (unpaired) electrons. The van der Waals surface area contributed by atoms with E-state index in [9.17, 15) is 14.3 Å². The summed E-state index contributed by atoms with van der Waals surface area (Å²) in [5.41, 5.74) is 0.279. The Morgan fingerprint density at radius 3 is 2.52 bits per heavy atom. The number of halogens is 1. The number of hydrogen-bond donors (Lipinski definition) is 1. The van der Waals surface area contributed by atoms with E-state index < -0.39 is 5.97 Å². The Labute approximate surface area is 125 Å². The average Bonchev–Trinajstić information content (AvgIpc) is 2.46. The SMILES string of the molecule is CC(c1ccccc1F)N(C)C1(CC(=O)O)CCCCC1. The van der Waals surface area contributed by atoms with Crippen molar-refractivity contribution in [2.45, 2.75) is 57.0 Å². The van der Waals surface area contributed by atoms with Crippen molar-refractivity contribution in [3.8, 4) is 0 Å². The molecule has 0 spiro atoms. The Morgan fingerprint density at radius 2 is 1.95 bits per heavy atom. The van der Waals surface area contributed by atoms with Gasteiger partial charge in [0.2, 0.25) is 0 Å². The Balaban J connectivity index is 2.27. The molecule has 1 aromatic rings. The van der Waals surface area contributed by atoms with E-state index in [1.807, 2.05) is 20.0 Å². The predicted octanol–water partition coefficient (Wildman–Crippen LogP) is 4.00. The molecule has 1 atom stereocenters. The van der Waals surface area contributed by atoms with Gasteiger partial charge in [0.05, 0.1) is 6.42 Å². The fraction of sp³-hybridized carbons (Fsp3) is 0.588. The summed E-state index contributed by atoms with van der Waals surface area (Å²) >= 11 is 0. The van der Waals surface area contributed by atoms with E-state index in [-0.39, 0.29) is 23.8 Å². The molecule has 0 heterocycles. The van der Waals surface area contributed by atoms with Crippen LogP contribution in [0.25, 0.3) is 0 Å². The number of carboxylic acids is 1. The third kappa shape index (κ3) is 3.43. The van der Waals surface area contributed by atoms with E-state index >= 15 is 0 Å². The van der Waals surface area contributed by atoms with Crippen molar-refractivity contribution in [1.82, 2.24) is 4.90 Å². The first-order valence-electron chi connectivity index (χ1n) is 7.65. The second kappa shape index (κ2) is 6.56. The zero-order valence-electron chi connectivity index (χ0n) is 12.8. The molecule has 116 valence electrons. The minimum Gasteiger partial charge on any atom is -0.481 e. The largest absolute Gasteiger partial charge is 0.481 e. The second-order valence-corrected chi connectivity index (χ2v) is 6.16. The lowest BCUT2D eigenvalue weighted by Crippen LogP contribution is -2.50. The highest BCUT2D eigenvalue weighted by molar-refractivity contribution is 5.68. The molecular formula is C17H24FNO2. The lowest BCUT2D eigenvalue weighted by Gasteiger charge is -2.47. The summed E-state index contributed by atoms with van der Waals surface area (Å²) in [5, 5.41) is 9.29. The highest BCUT2D eigenvalue weighted by Gasteiger charge is 2.40. The van der Waals surface area contributed by atoms with Gasteiger partial charge in [0.25, 0.3) is 0 Å². The molecule has 1 fully saturated rings. The molecule has 4 heteroatoms. The molecule has 2 rings (SSSR count). The zero-order valence-corrected chi connectivity index (χ0v) is 12.8. The van der Waals surface area contributed by atoms with Crippen molar-refractivity contribution >= 4 is 5.97 Å². The summed E-state index contributed by atoms with van der Waals surface area (Å²) in [6.07, 6.45) is 5.11. The van der Waals surface area contributed by atoms with Crippen molar-refractivity contribution in [1.29, 1.82) is 0 Å². The molecule has 1 unspecified atom stereocenters. The summed E-state index contributed by atoms with van der Waals surface area (Å²) in [4.78, 5) is 13.4. The molecule has 1 saturated carbocycles. The molecule has 0 bridgehead atoms. The average molecular weight is 293 g/mol. The maximum atomic E-state index is 14.0. The van der Waals surface area contributed by atoms with Crippen LogP contribution >= 0.6 is 0 Å². The van der Waals surface area contributed by atoms with E-state index in [1.165, 1.54) is 6.07 Å². The highest BCUT2D eigenvalue weighted by Crippen LogP contribution is 2.40. The number of nitrogens with zero attached hydrogens (tertiary/aromatic N) is 1. The number of carboxylic acid groups (broad SMARTS) is 1. The topological polar surface area (TPSA) is 40.5 Å². The molecule has 0 aliphatic heterocycles. The van der Waals surface area contributed by atoms with Gasteiger partial charge in [0.15, 0.2) is 0 Å². The fourth-order valence-electron chi connectivity index (χ4n) is 3.58. The van der Waals surface area contributed by atoms with E-state index in [0.29, 0.717) is 5.56 Å². The molecule has 1 aromatic carbocycles. The van der Waals surface area contributed by atoms with Crippen molar-refractivity contribution in [2.75, 3.05) is 7.05 Å². The van der Waals surface area contributed by atoms with Crippen LogP contribution in [0.4, 0.5) is 4.39 Å². The van der Waals surface area contributed by atoms with Crippen LogP contribution in [0.1, 0.15) is 57.1 Å². The summed E-state index contributed by atoms with van der Waals surface area (Å²) in [6, 6.07) is 6.62. The van der Waals surface area contributed by atoms with Crippen molar-refractivity contribution in [3.05, 3.63) is 35.6 Å². The van der Waals surface area contributed by atoms with Crippen LogP contribution < -0.4 is 0 Å². The molecule has 1 N–H and O–H groups in total. The number of rotatable bonds is 5. The van der Waals surface area contributed by atoms with Gasteiger partial charge in [-0.15, -0.1) is 0 Å². The van der Waals surface area contributed by atoms with Gasteiger partial charge in [-0.1, -0.05) is 37.5 Å². The van der Waals surface area contributed by atoms with Crippen LogP contribution in [0.2, 0.25) is 0 Å². The summed E-state index contributed by atoms with van der Waals surface area (Å²) in [6.45, 7) is 1.95. The number of hydrogen-bond acceptors (Lipinski definition) is 2. The zero-order chi connectivity index (χ0) is 15.5. The van der Waals surface area contributed by atoms with Crippen LogP contribution in [-0.4, -0.2) is 28.6 Å². The third-order valence-corrected chi connectivity index (χ3v) is 4.95. The molecule has 1 aliphatic rings. The number of aliphatic carboxylic acids is 1. The van der Waals surface area contributed by atoms with Crippen molar-refractivity contribution < 1.29 is 14.3 Å². The first kappa shape index (κ1) is 16.0. The van der Waals surface area contributed by atoms with Crippen LogP contribution in [0.15, 0.2) is 24.3 Å². The monoisotopic (exact) mass is 293 g/mol. The smallest absolute Gasteiger partial charge is 0.305 e. The first-order valence-corrected chi connectivity index (χ1v) is 7.65. The number of benzene rings is 1. The maximum Gasteiger partial charge on any atom is 0.305 e. The van der Waals surface area contributed by atoms with Gasteiger partial charge in [0, 0.05) is 17.1 Å². The fourth-order valence-corrected chi connectivity index (χ4v) is 3.58. The standard InChI is InChI=1S/C17H24FNO2/c1-13(14-8-4-5-9-15(14)18)19(2)17(12-16(20)21)10-6-3-7-11-17/h4-5,8-9,13H,3,6-7,10-12H2,1-2H3,(H,20,21). The first-order chi connectivity index (χ1) is 9.96. The summed E-state index contributed by atoms with van der Waals surface area (Å²) in [5.74, 6) is -0.998. The lowest BCUT2D eigenvalue weighted by molar-refractivity contribution is -0.141. The minimum atomic E-state index is -0.774. The molecule has 0 saturated heterocycles. The van der Waals surface area contributed by atoms with E-state index in [1.54, 1.807) is 12.1 Å². The third-order valence-electron chi connectivity index (χ3n) is 4.95. The van der Waals surface area contributed by atoms with Gasteiger partial charge in [-0.2, -0.15) is 0 Å². The second-order valence-electron chi connectivity index (χ2n) is 6.16. The Kier molecular flexibility index (Phi) is 4.99. The van der Waals surface area contributed by atoms with Gasteiger partial charge < -0.3 is 5.11 Å². The van der Waals surface area contributed by atoms with Gasteiger partial charge in [-0.25, -0.2) is 4.39 Å². The Bertz CT molecular complexity index is 497. The number of carbonyl (C=O) groups is 1.